The van der Waals surface area contributed by atoms with E-state index in [0.717, 1.165) is 11.3 Å². The molecule has 0 aliphatic heterocycles. The van der Waals surface area contributed by atoms with Crippen LogP contribution >= 0.6 is 11.7 Å². The lowest BCUT2D eigenvalue weighted by molar-refractivity contribution is 0.459. The van der Waals surface area contributed by atoms with Gasteiger partial charge in [0.15, 0.2) is 0 Å². The lowest BCUT2D eigenvalue weighted by Gasteiger charge is -2.07. The van der Waals surface area contributed by atoms with Gasteiger partial charge in [-0.3, -0.25) is 4.98 Å². The van der Waals surface area contributed by atoms with Crippen LogP contribution < -0.4 is 9.46 Å². The molecule has 1 N–H and O–H groups in total. The molecule has 0 bridgehead atoms. The number of hydrogen-bond donors (Lipinski definition) is 2. The lowest BCUT2D eigenvalue weighted by Crippen LogP contribution is -2.10. The molecule has 1 aromatic carbocycles. The van der Waals surface area contributed by atoms with Gasteiger partial charge in [-0.05, 0) is 28.9 Å². The molecule has 1 aromatic heterocycles. The summed E-state index contributed by atoms with van der Waals surface area (Å²) in [5, 5.41) is 0. The molecule has 0 fully saturated rings. The van der Waals surface area contributed by atoms with E-state index in [4.69, 9.17) is 15.9 Å². The Labute approximate surface area is 117 Å². The minimum atomic E-state index is -0.496. The summed E-state index contributed by atoms with van der Waals surface area (Å²) in [6, 6.07) is 7.71. The summed E-state index contributed by atoms with van der Waals surface area (Å²) in [5.41, 5.74) is 1.08. The van der Waals surface area contributed by atoms with E-state index in [1.807, 2.05) is 24.3 Å². The number of ether oxygens (including phenoxy) is 1. The predicted octanol–water partition coefficient (Wildman–Crippen LogP) is 2.20. The third-order valence-electron chi connectivity index (χ3n) is 2.06. The summed E-state index contributed by atoms with van der Waals surface area (Å²) >= 11 is 9.06. The fourth-order valence-electron chi connectivity index (χ4n) is 1.32. The maximum Gasteiger partial charge on any atom is 0.237 e. The van der Waals surface area contributed by atoms with Crippen molar-refractivity contribution in [3.63, 3.8) is 0 Å². The SMILES string of the molecule is S=S(S)NCc1cccc(Oc2cnccn2)c1. The predicted molar refractivity (Wildman–Crippen MR) is 79.1 cm³/mol. The van der Waals surface area contributed by atoms with Crippen LogP contribution in [0.4, 0.5) is 0 Å². The first-order valence-electron chi connectivity index (χ1n) is 5.11. The third kappa shape index (κ3) is 4.34. The fraction of sp³-hybridized carbons (Fsp3) is 0.0909. The summed E-state index contributed by atoms with van der Waals surface area (Å²) in [7, 11) is -0.496. The molecule has 1 atom stereocenters. The second-order valence-electron chi connectivity index (χ2n) is 3.36. The van der Waals surface area contributed by atoms with Crippen LogP contribution in [-0.2, 0) is 26.4 Å². The minimum absolute atomic E-state index is 0.472. The zero-order valence-corrected chi connectivity index (χ0v) is 11.8. The minimum Gasteiger partial charge on any atom is -0.437 e. The molecule has 0 aliphatic carbocycles. The number of hydrogen-bond acceptors (Lipinski definition) is 4. The van der Waals surface area contributed by atoms with Crippen LogP contribution in [0.2, 0.25) is 0 Å². The molecular formula is C11H11N3OS3. The van der Waals surface area contributed by atoms with Crippen LogP contribution in [0.1, 0.15) is 5.56 Å². The van der Waals surface area contributed by atoms with Crippen LogP contribution in [0.25, 0.3) is 0 Å². The van der Waals surface area contributed by atoms with Crippen molar-refractivity contribution in [3.8, 4) is 11.6 Å². The molecule has 0 spiro atoms. The Morgan fingerprint density at radius 2 is 2.28 bits per heavy atom. The Morgan fingerprint density at radius 3 is 3.00 bits per heavy atom. The van der Waals surface area contributed by atoms with E-state index in [1.165, 1.54) is 0 Å². The van der Waals surface area contributed by atoms with E-state index in [1.54, 1.807) is 18.6 Å². The molecule has 0 saturated heterocycles. The summed E-state index contributed by atoms with van der Waals surface area (Å²) in [4.78, 5) is 7.99. The smallest absolute Gasteiger partial charge is 0.237 e. The number of aromatic nitrogens is 2. The van der Waals surface area contributed by atoms with E-state index in [2.05, 4.69) is 26.4 Å². The highest BCUT2D eigenvalue weighted by Crippen LogP contribution is 2.19. The van der Waals surface area contributed by atoms with E-state index in [0.29, 0.717) is 12.4 Å². The molecule has 0 amide bonds. The first-order valence-corrected chi connectivity index (χ1v) is 8.31. The van der Waals surface area contributed by atoms with Crippen molar-refractivity contribution in [1.82, 2.24) is 14.7 Å². The third-order valence-corrected chi connectivity index (χ3v) is 3.19. The maximum absolute atomic E-state index is 5.58. The van der Waals surface area contributed by atoms with Crippen molar-refractivity contribution >= 4 is 31.5 Å². The van der Waals surface area contributed by atoms with Gasteiger partial charge < -0.3 is 4.74 Å². The standard InChI is InChI=1S/C11H11N3OS3/c16-18(17)14-7-9-2-1-3-10(6-9)15-11-8-12-4-5-13-11/h1-6,8,14H,7H2,(H,16,17). The number of rotatable bonds is 5. The van der Waals surface area contributed by atoms with Crippen LogP contribution in [0.3, 0.4) is 0 Å². The zero-order chi connectivity index (χ0) is 12.8. The maximum atomic E-state index is 5.58. The first kappa shape index (κ1) is 13.4. The highest BCUT2D eigenvalue weighted by atomic mass is 33.3. The summed E-state index contributed by atoms with van der Waals surface area (Å²) in [6.45, 7) is 0.660. The molecule has 1 heterocycles. The van der Waals surface area contributed by atoms with Crippen molar-refractivity contribution in [2.24, 2.45) is 0 Å². The van der Waals surface area contributed by atoms with Gasteiger partial charge in [-0.1, -0.05) is 23.8 Å². The highest BCUT2D eigenvalue weighted by Gasteiger charge is 2.00. The van der Waals surface area contributed by atoms with Gasteiger partial charge >= 0.3 is 0 Å². The van der Waals surface area contributed by atoms with Gasteiger partial charge in [-0.25, -0.2) is 9.71 Å². The fourth-order valence-corrected chi connectivity index (χ4v) is 1.98. The number of nitrogens with one attached hydrogen (secondary N) is 1. The molecule has 2 aromatic rings. The number of thiol groups is 1. The van der Waals surface area contributed by atoms with Gasteiger partial charge in [0.2, 0.25) is 5.88 Å². The van der Waals surface area contributed by atoms with Gasteiger partial charge in [-0.15, -0.1) is 0 Å². The monoisotopic (exact) mass is 297 g/mol. The topological polar surface area (TPSA) is 47.0 Å². The molecule has 0 radical (unpaired) electrons. The van der Waals surface area contributed by atoms with Gasteiger partial charge in [0.05, 0.1) is 6.20 Å². The van der Waals surface area contributed by atoms with Gasteiger partial charge in [0.25, 0.3) is 0 Å². The van der Waals surface area contributed by atoms with Gasteiger partial charge in [0.1, 0.15) is 5.75 Å². The Balaban J connectivity index is 2.05. The van der Waals surface area contributed by atoms with E-state index in [-0.39, 0.29) is 0 Å². The van der Waals surface area contributed by atoms with E-state index in [9.17, 15) is 0 Å². The highest BCUT2D eigenvalue weighted by molar-refractivity contribution is 8.75. The zero-order valence-electron chi connectivity index (χ0n) is 9.31. The van der Waals surface area contributed by atoms with Crippen LogP contribution in [0, 0.1) is 0 Å². The van der Waals surface area contributed by atoms with Crippen LogP contribution in [0.5, 0.6) is 11.6 Å². The van der Waals surface area contributed by atoms with Crippen molar-refractivity contribution in [2.45, 2.75) is 6.54 Å². The molecule has 94 valence electrons. The van der Waals surface area contributed by atoms with Crippen LogP contribution in [0.15, 0.2) is 42.9 Å². The molecule has 7 heteroatoms. The Bertz CT molecular complexity index is 536. The Kier molecular flexibility index (Phi) is 5.06. The lowest BCUT2D eigenvalue weighted by atomic mass is 10.2. The molecular weight excluding hydrogens is 286 g/mol. The number of nitrogens with zero attached hydrogens (tertiary/aromatic N) is 2. The van der Waals surface area contributed by atoms with Crippen molar-refractivity contribution < 1.29 is 4.74 Å². The largest absolute Gasteiger partial charge is 0.437 e. The Hall–Kier alpha value is -1.02. The van der Waals surface area contributed by atoms with Crippen LogP contribution in [-0.4, -0.2) is 9.97 Å². The molecule has 0 saturated carbocycles. The van der Waals surface area contributed by atoms with Gasteiger partial charge in [-0.2, -0.15) is 0 Å². The summed E-state index contributed by atoms with van der Waals surface area (Å²) < 4.78 is 8.66. The first-order chi connectivity index (χ1) is 8.74. The van der Waals surface area contributed by atoms with Crippen molar-refractivity contribution in [1.29, 1.82) is 0 Å². The van der Waals surface area contributed by atoms with Crippen molar-refractivity contribution in [2.75, 3.05) is 0 Å². The second kappa shape index (κ2) is 6.79. The second-order valence-corrected chi connectivity index (χ2v) is 6.99. The van der Waals surface area contributed by atoms with Gasteiger partial charge in [0, 0.05) is 27.6 Å². The molecule has 0 aliphatic rings. The Morgan fingerprint density at radius 1 is 1.39 bits per heavy atom. The average molecular weight is 297 g/mol. The summed E-state index contributed by atoms with van der Waals surface area (Å²) in [6.07, 6.45) is 4.76. The van der Waals surface area contributed by atoms with E-state index >= 15 is 0 Å². The molecule has 4 nitrogen and oxygen atoms in total. The molecule has 1 unspecified atom stereocenters. The average Bonchev–Trinajstić information content (AvgIpc) is 2.38. The summed E-state index contributed by atoms with van der Waals surface area (Å²) in [5.74, 6) is 1.19. The molecule has 2 rings (SSSR count). The normalized spacial score (nSPS) is 12.1. The molecule has 18 heavy (non-hydrogen) atoms. The van der Waals surface area contributed by atoms with Crippen molar-refractivity contribution in [3.05, 3.63) is 48.4 Å². The van der Waals surface area contributed by atoms with E-state index < -0.39 is 8.67 Å². The number of benzene rings is 1. The quantitative estimate of drug-likeness (QED) is 0.654.